The molecule has 2 N–H and O–H groups in total. The van der Waals surface area contributed by atoms with Crippen LogP contribution in [0.25, 0.3) is 0 Å². The lowest BCUT2D eigenvalue weighted by molar-refractivity contribution is 0.792. The lowest BCUT2D eigenvalue weighted by atomic mass is 10.3. The standard InChI is InChI=1S/C11H19N3S/c1-4-7-14-9(3)13-10(11(14)12)6-8-15-5-2/h4H,1,5-8,12H2,2-3H3. The summed E-state index contributed by atoms with van der Waals surface area (Å²) in [5, 5.41) is 0. The third-order valence-corrected chi connectivity index (χ3v) is 3.17. The quantitative estimate of drug-likeness (QED) is 0.596. The van der Waals surface area contributed by atoms with Crippen LogP contribution in [0.15, 0.2) is 12.7 Å². The van der Waals surface area contributed by atoms with Gasteiger partial charge in [0.15, 0.2) is 0 Å². The largest absolute Gasteiger partial charge is 0.384 e. The van der Waals surface area contributed by atoms with E-state index in [0.29, 0.717) is 0 Å². The van der Waals surface area contributed by atoms with Gasteiger partial charge in [0.2, 0.25) is 0 Å². The van der Waals surface area contributed by atoms with Crippen molar-refractivity contribution in [2.75, 3.05) is 17.2 Å². The smallest absolute Gasteiger partial charge is 0.127 e. The highest BCUT2D eigenvalue weighted by atomic mass is 32.2. The minimum atomic E-state index is 0.742. The van der Waals surface area contributed by atoms with Gasteiger partial charge in [0.05, 0.1) is 5.69 Å². The van der Waals surface area contributed by atoms with Gasteiger partial charge in [-0.05, 0) is 18.4 Å². The summed E-state index contributed by atoms with van der Waals surface area (Å²) in [6.45, 7) is 8.60. The SMILES string of the molecule is C=CCn1c(C)nc(CCSCC)c1N. The average molecular weight is 225 g/mol. The van der Waals surface area contributed by atoms with Crippen LogP contribution in [0, 0.1) is 6.92 Å². The molecule has 3 nitrogen and oxygen atoms in total. The van der Waals surface area contributed by atoms with Gasteiger partial charge in [0.25, 0.3) is 0 Å². The summed E-state index contributed by atoms with van der Waals surface area (Å²) in [4.78, 5) is 4.48. The van der Waals surface area contributed by atoms with E-state index in [1.807, 2.05) is 29.3 Å². The van der Waals surface area contributed by atoms with E-state index < -0.39 is 0 Å². The van der Waals surface area contributed by atoms with Crippen molar-refractivity contribution in [1.29, 1.82) is 0 Å². The lowest BCUT2D eigenvalue weighted by Crippen LogP contribution is -2.04. The van der Waals surface area contributed by atoms with Crippen LogP contribution in [0.2, 0.25) is 0 Å². The van der Waals surface area contributed by atoms with E-state index in [-0.39, 0.29) is 0 Å². The Hall–Kier alpha value is -0.900. The predicted octanol–water partition coefficient (Wildman–Crippen LogP) is 2.26. The second-order valence-corrected chi connectivity index (χ2v) is 4.73. The molecule has 0 atom stereocenters. The maximum Gasteiger partial charge on any atom is 0.127 e. The molecule has 0 saturated carbocycles. The van der Waals surface area contributed by atoms with E-state index in [4.69, 9.17) is 5.73 Å². The number of thioether (sulfide) groups is 1. The zero-order valence-corrected chi connectivity index (χ0v) is 10.3. The molecule has 1 heterocycles. The van der Waals surface area contributed by atoms with Crippen molar-refractivity contribution in [3.8, 4) is 0 Å². The zero-order valence-electron chi connectivity index (χ0n) is 9.49. The molecule has 1 aromatic heterocycles. The maximum absolute atomic E-state index is 6.02. The highest BCUT2D eigenvalue weighted by Gasteiger charge is 2.09. The normalized spacial score (nSPS) is 10.5. The third-order valence-electron chi connectivity index (χ3n) is 2.27. The average Bonchev–Trinajstić information content (AvgIpc) is 2.47. The third kappa shape index (κ3) is 3.02. The second-order valence-electron chi connectivity index (χ2n) is 3.34. The van der Waals surface area contributed by atoms with E-state index in [0.717, 1.165) is 41.8 Å². The van der Waals surface area contributed by atoms with Gasteiger partial charge >= 0.3 is 0 Å². The number of aromatic nitrogens is 2. The van der Waals surface area contributed by atoms with Crippen LogP contribution in [-0.4, -0.2) is 21.1 Å². The van der Waals surface area contributed by atoms with Crippen LogP contribution in [0.3, 0.4) is 0 Å². The van der Waals surface area contributed by atoms with Crippen LogP contribution in [0.1, 0.15) is 18.4 Å². The molecule has 0 aromatic carbocycles. The van der Waals surface area contributed by atoms with Crippen LogP contribution < -0.4 is 5.73 Å². The van der Waals surface area contributed by atoms with Gasteiger partial charge in [-0.15, -0.1) is 6.58 Å². The topological polar surface area (TPSA) is 43.8 Å². The fraction of sp³-hybridized carbons (Fsp3) is 0.545. The second kappa shape index (κ2) is 5.85. The summed E-state index contributed by atoms with van der Waals surface area (Å²) in [6, 6.07) is 0. The summed E-state index contributed by atoms with van der Waals surface area (Å²) in [7, 11) is 0. The molecule has 84 valence electrons. The highest BCUT2D eigenvalue weighted by molar-refractivity contribution is 7.99. The molecule has 0 fully saturated rings. The number of allylic oxidation sites excluding steroid dienone is 1. The Kier molecular flexibility index (Phi) is 4.75. The van der Waals surface area contributed by atoms with Gasteiger partial charge in [0, 0.05) is 13.0 Å². The molecule has 1 aromatic rings. The van der Waals surface area contributed by atoms with Crippen LogP contribution in [0.4, 0.5) is 5.82 Å². The summed E-state index contributed by atoms with van der Waals surface area (Å²) >= 11 is 1.92. The van der Waals surface area contributed by atoms with Crippen molar-refractivity contribution >= 4 is 17.6 Å². The molecule has 0 radical (unpaired) electrons. The number of aryl methyl sites for hydroxylation is 2. The summed E-state index contributed by atoms with van der Waals surface area (Å²) < 4.78 is 2.00. The van der Waals surface area contributed by atoms with E-state index in [1.54, 1.807) is 0 Å². The van der Waals surface area contributed by atoms with E-state index >= 15 is 0 Å². The monoisotopic (exact) mass is 225 g/mol. The molecule has 1 rings (SSSR count). The molecule has 0 spiro atoms. The number of rotatable bonds is 6. The molecule has 0 unspecified atom stereocenters. The van der Waals surface area contributed by atoms with Gasteiger partial charge in [-0.3, -0.25) is 0 Å². The van der Waals surface area contributed by atoms with E-state index in [2.05, 4.69) is 18.5 Å². The number of nitrogens with two attached hydrogens (primary N) is 1. The van der Waals surface area contributed by atoms with Crippen LogP contribution in [0.5, 0.6) is 0 Å². The minimum Gasteiger partial charge on any atom is -0.384 e. The van der Waals surface area contributed by atoms with Crippen molar-refractivity contribution in [3.63, 3.8) is 0 Å². The molecule has 15 heavy (non-hydrogen) atoms. The van der Waals surface area contributed by atoms with Crippen LogP contribution >= 0.6 is 11.8 Å². The van der Waals surface area contributed by atoms with Crippen molar-refractivity contribution < 1.29 is 0 Å². The van der Waals surface area contributed by atoms with Crippen molar-refractivity contribution in [2.45, 2.75) is 26.8 Å². The summed E-state index contributed by atoms with van der Waals surface area (Å²) in [5.74, 6) is 4.00. The first-order chi connectivity index (χ1) is 7.20. The molecule has 4 heteroatoms. The van der Waals surface area contributed by atoms with Crippen molar-refractivity contribution in [2.24, 2.45) is 0 Å². The van der Waals surface area contributed by atoms with Gasteiger partial charge in [-0.25, -0.2) is 4.98 Å². The first-order valence-electron chi connectivity index (χ1n) is 5.20. The molecule has 0 amide bonds. The Bertz CT molecular complexity index is 331. The molecule has 0 aliphatic rings. The van der Waals surface area contributed by atoms with Crippen LogP contribution in [-0.2, 0) is 13.0 Å². The molecular weight excluding hydrogens is 206 g/mol. The first-order valence-corrected chi connectivity index (χ1v) is 6.36. The molecule has 0 aliphatic carbocycles. The first kappa shape index (κ1) is 12.2. The molecule has 0 saturated heterocycles. The zero-order chi connectivity index (χ0) is 11.3. The Morgan fingerprint density at radius 3 is 2.93 bits per heavy atom. The fourth-order valence-corrected chi connectivity index (χ4v) is 2.13. The predicted molar refractivity (Wildman–Crippen MR) is 68.3 cm³/mol. The highest BCUT2D eigenvalue weighted by Crippen LogP contribution is 2.16. The molecule has 0 aliphatic heterocycles. The Balaban J connectivity index is 2.72. The maximum atomic E-state index is 6.02. The van der Waals surface area contributed by atoms with Crippen molar-refractivity contribution in [1.82, 2.24) is 9.55 Å². The van der Waals surface area contributed by atoms with Gasteiger partial charge < -0.3 is 10.3 Å². The lowest BCUT2D eigenvalue weighted by Gasteiger charge is -2.03. The van der Waals surface area contributed by atoms with Gasteiger partial charge in [0.1, 0.15) is 11.6 Å². The number of imidazole rings is 1. The number of anilines is 1. The summed E-state index contributed by atoms with van der Waals surface area (Å²) in [5.41, 5.74) is 7.04. The minimum absolute atomic E-state index is 0.742. The fourth-order valence-electron chi connectivity index (χ4n) is 1.50. The number of nitrogen functional groups attached to an aromatic ring is 1. The van der Waals surface area contributed by atoms with Crippen molar-refractivity contribution in [3.05, 3.63) is 24.2 Å². The number of hydrogen-bond donors (Lipinski definition) is 1. The molecule has 0 bridgehead atoms. The Labute approximate surface area is 95.8 Å². The van der Waals surface area contributed by atoms with Gasteiger partial charge in [-0.1, -0.05) is 13.0 Å². The number of hydrogen-bond acceptors (Lipinski definition) is 3. The summed E-state index contributed by atoms with van der Waals surface area (Å²) in [6.07, 6.45) is 2.80. The van der Waals surface area contributed by atoms with E-state index in [9.17, 15) is 0 Å². The Morgan fingerprint density at radius 2 is 2.33 bits per heavy atom. The number of nitrogens with zero attached hydrogens (tertiary/aromatic N) is 2. The Morgan fingerprint density at radius 1 is 1.60 bits per heavy atom. The van der Waals surface area contributed by atoms with E-state index in [1.165, 1.54) is 0 Å². The molecular formula is C11H19N3S. The van der Waals surface area contributed by atoms with Gasteiger partial charge in [-0.2, -0.15) is 11.8 Å².